The molecule has 0 aliphatic carbocycles. The van der Waals surface area contributed by atoms with Gasteiger partial charge in [-0.25, -0.2) is 4.39 Å². The number of halogens is 2. The summed E-state index contributed by atoms with van der Waals surface area (Å²) in [5.74, 6) is 0.334. The molecule has 0 fully saturated rings. The zero-order chi connectivity index (χ0) is 14.0. The summed E-state index contributed by atoms with van der Waals surface area (Å²) in [6, 6.07) is 9.82. The lowest BCUT2D eigenvalue weighted by Gasteiger charge is -2.13. The normalized spacial score (nSPS) is 10.3. The molecule has 3 nitrogen and oxygen atoms in total. The Bertz CT molecular complexity index is 643. The fourth-order valence-electron chi connectivity index (χ4n) is 1.66. The van der Waals surface area contributed by atoms with Gasteiger partial charge in [-0.05, 0) is 46.6 Å². The summed E-state index contributed by atoms with van der Waals surface area (Å²) in [5, 5.41) is 7.53. The fourth-order valence-corrected chi connectivity index (χ4v) is 1.90. The van der Waals surface area contributed by atoms with Crippen LogP contribution in [0.15, 0.2) is 40.9 Å². The molecule has 19 heavy (non-hydrogen) atoms. The number of hydrogen-bond donors (Lipinski definition) is 2. The predicted octanol–water partition coefficient (Wildman–Crippen LogP) is 3.97. The van der Waals surface area contributed by atoms with E-state index < -0.39 is 5.82 Å². The predicted molar refractivity (Wildman–Crippen MR) is 76.4 cm³/mol. The molecule has 2 aromatic carbocycles. The standard InChI is InChI=1S/C14H12BrFN2O/c1-8-3-2-4-10(14(17)18)13(8)19-9-5-6-11(15)12(16)7-9/h2-7H,1H3,(H3,17,18). The van der Waals surface area contributed by atoms with Gasteiger partial charge in [0.15, 0.2) is 0 Å². The Labute approximate surface area is 118 Å². The van der Waals surface area contributed by atoms with Crippen molar-refractivity contribution in [1.82, 2.24) is 0 Å². The van der Waals surface area contributed by atoms with Crippen molar-refractivity contribution in [1.29, 1.82) is 5.41 Å². The Morgan fingerprint density at radius 2 is 2.05 bits per heavy atom. The molecule has 0 radical (unpaired) electrons. The molecule has 0 spiro atoms. The lowest BCUT2D eigenvalue weighted by Crippen LogP contribution is -2.12. The number of nitrogen functional groups attached to an aromatic ring is 1. The number of rotatable bonds is 3. The van der Waals surface area contributed by atoms with Gasteiger partial charge < -0.3 is 10.5 Å². The van der Waals surface area contributed by atoms with E-state index in [1.54, 1.807) is 24.3 Å². The lowest BCUT2D eigenvalue weighted by atomic mass is 10.1. The molecular formula is C14H12BrFN2O. The van der Waals surface area contributed by atoms with E-state index in [1.807, 2.05) is 13.0 Å². The van der Waals surface area contributed by atoms with E-state index >= 15 is 0 Å². The Kier molecular flexibility index (Phi) is 3.85. The molecule has 0 amide bonds. The summed E-state index contributed by atoms with van der Waals surface area (Å²) in [6.07, 6.45) is 0. The highest BCUT2D eigenvalue weighted by Crippen LogP contribution is 2.30. The van der Waals surface area contributed by atoms with E-state index in [4.69, 9.17) is 15.9 Å². The summed E-state index contributed by atoms with van der Waals surface area (Å²) < 4.78 is 19.5. The van der Waals surface area contributed by atoms with E-state index in [1.165, 1.54) is 6.07 Å². The van der Waals surface area contributed by atoms with Gasteiger partial charge in [0.1, 0.15) is 23.2 Å². The van der Waals surface area contributed by atoms with E-state index in [9.17, 15) is 4.39 Å². The van der Waals surface area contributed by atoms with Gasteiger partial charge in [-0.3, -0.25) is 5.41 Å². The van der Waals surface area contributed by atoms with Crippen molar-refractivity contribution in [3.63, 3.8) is 0 Å². The van der Waals surface area contributed by atoms with Crippen molar-refractivity contribution in [3.8, 4) is 11.5 Å². The molecule has 0 saturated heterocycles. The minimum atomic E-state index is -0.407. The van der Waals surface area contributed by atoms with Crippen LogP contribution < -0.4 is 10.5 Å². The van der Waals surface area contributed by atoms with E-state index in [0.717, 1.165) is 5.56 Å². The first kappa shape index (κ1) is 13.5. The topological polar surface area (TPSA) is 59.1 Å². The van der Waals surface area contributed by atoms with Crippen LogP contribution in [-0.4, -0.2) is 5.84 Å². The van der Waals surface area contributed by atoms with Gasteiger partial charge >= 0.3 is 0 Å². The molecular weight excluding hydrogens is 311 g/mol. The number of aryl methyl sites for hydroxylation is 1. The fraction of sp³-hybridized carbons (Fsp3) is 0.0714. The quantitative estimate of drug-likeness (QED) is 0.663. The van der Waals surface area contributed by atoms with Gasteiger partial charge in [0.2, 0.25) is 0 Å². The van der Waals surface area contributed by atoms with Crippen LogP contribution in [0.1, 0.15) is 11.1 Å². The number of hydrogen-bond acceptors (Lipinski definition) is 2. The van der Waals surface area contributed by atoms with Crippen LogP contribution in [0.4, 0.5) is 4.39 Å². The third kappa shape index (κ3) is 2.93. The summed E-state index contributed by atoms with van der Waals surface area (Å²) in [6.45, 7) is 1.84. The van der Waals surface area contributed by atoms with E-state index in [-0.39, 0.29) is 5.84 Å². The SMILES string of the molecule is Cc1cccc(C(=N)N)c1Oc1ccc(Br)c(F)c1. The first-order valence-corrected chi connectivity index (χ1v) is 6.35. The number of amidine groups is 1. The Morgan fingerprint density at radius 3 is 2.68 bits per heavy atom. The molecule has 2 aromatic rings. The van der Waals surface area contributed by atoms with Crippen LogP contribution in [0.25, 0.3) is 0 Å². The maximum absolute atomic E-state index is 13.4. The van der Waals surface area contributed by atoms with Crippen LogP contribution in [0.5, 0.6) is 11.5 Å². The molecule has 0 aromatic heterocycles. The van der Waals surface area contributed by atoms with Gasteiger partial charge in [0.05, 0.1) is 10.0 Å². The van der Waals surface area contributed by atoms with Crippen LogP contribution in [0, 0.1) is 18.2 Å². The average molecular weight is 323 g/mol. The molecule has 5 heteroatoms. The minimum Gasteiger partial charge on any atom is -0.456 e. The summed E-state index contributed by atoms with van der Waals surface area (Å²) >= 11 is 3.08. The molecule has 0 bridgehead atoms. The van der Waals surface area contributed by atoms with Crippen LogP contribution in [0.3, 0.4) is 0 Å². The monoisotopic (exact) mass is 322 g/mol. The molecule has 0 aliphatic rings. The number of benzene rings is 2. The Balaban J connectivity index is 2.42. The van der Waals surface area contributed by atoms with Crippen molar-refractivity contribution in [2.45, 2.75) is 6.92 Å². The largest absolute Gasteiger partial charge is 0.456 e. The first-order chi connectivity index (χ1) is 8.99. The van der Waals surface area contributed by atoms with Gasteiger partial charge in [0.25, 0.3) is 0 Å². The highest BCUT2D eigenvalue weighted by Gasteiger charge is 2.11. The molecule has 0 heterocycles. The highest BCUT2D eigenvalue weighted by molar-refractivity contribution is 9.10. The molecule has 98 valence electrons. The van der Waals surface area contributed by atoms with Crippen molar-refractivity contribution >= 4 is 21.8 Å². The zero-order valence-corrected chi connectivity index (χ0v) is 11.8. The summed E-state index contributed by atoms with van der Waals surface area (Å²) in [5.41, 5.74) is 6.83. The van der Waals surface area contributed by atoms with Crippen molar-refractivity contribution < 1.29 is 9.13 Å². The Hall–Kier alpha value is -1.88. The summed E-state index contributed by atoms with van der Waals surface area (Å²) in [7, 11) is 0. The Morgan fingerprint density at radius 1 is 1.32 bits per heavy atom. The van der Waals surface area contributed by atoms with Gasteiger partial charge in [0, 0.05) is 6.07 Å². The second-order valence-electron chi connectivity index (χ2n) is 4.04. The molecule has 2 rings (SSSR count). The van der Waals surface area contributed by atoms with Crippen molar-refractivity contribution in [2.24, 2.45) is 5.73 Å². The lowest BCUT2D eigenvalue weighted by molar-refractivity contribution is 0.471. The van der Waals surface area contributed by atoms with Gasteiger partial charge in [-0.2, -0.15) is 0 Å². The zero-order valence-electron chi connectivity index (χ0n) is 10.2. The van der Waals surface area contributed by atoms with Gasteiger partial charge in [-0.15, -0.1) is 0 Å². The second kappa shape index (κ2) is 5.40. The van der Waals surface area contributed by atoms with Crippen LogP contribution >= 0.6 is 15.9 Å². The van der Waals surface area contributed by atoms with Crippen molar-refractivity contribution in [2.75, 3.05) is 0 Å². The number of ether oxygens (including phenoxy) is 1. The second-order valence-corrected chi connectivity index (χ2v) is 4.90. The van der Waals surface area contributed by atoms with Crippen LogP contribution in [0.2, 0.25) is 0 Å². The molecule has 0 unspecified atom stereocenters. The highest BCUT2D eigenvalue weighted by atomic mass is 79.9. The first-order valence-electron chi connectivity index (χ1n) is 5.56. The molecule has 0 saturated carbocycles. The maximum atomic E-state index is 13.4. The number of para-hydroxylation sites is 1. The number of nitrogens with two attached hydrogens (primary N) is 1. The van der Waals surface area contributed by atoms with E-state index in [0.29, 0.717) is 21.5 Å². The summed E-state index contributed by atoms with van der Waals surface area (Å²) in [4.78, 5) is 0. The molecule has 0 aliphatic heterocycles. The molecule has 3 N–H and O–H groups in total. The number of nitrogens with one attached hydrogen (secondary N) is 1. The van der Waals surface area contributed by atoms with E-state index in [2.05, 4.69) is 15.9 Å². The minimum absolute atomic E-state index is 0.0868. The molecule has 0 atom stereocenters. The maximum Gasteiger partial charge on any atom is 0.141 e. The smallest absolute Gasteiger partial charge is 0.141 e. The average Bonchev–Trinajstić information content (AvgIpc) is 2.36. The van der Waals surface area contributed by atoms with Gasteiger partial charge in [-0.1, -0.05) is 12.1 Å². The van der Waals surface area contributed by atoms with Crippen LogP contribution in [-0.2, 0) is 0 Å². The third-order valence-electron chi connectivity index (χ3n) is 2.61. The van der Waals surface area contributed by atoms with Crippen molar-refractivity contribution in [3.05, 3.63) is 57.8 Å². The third-order valence-corrected chi connectivity index (χ3v) is 3.26.